The summed E-state index contributed by atoms with van der Waals surface area (Å²) in [6.45, 7) is 0. The number of benzene rings is 3. The van der Waals surface area contributed by atoms with Crippen LogP contribution in [0, 0.1) is 11.6 Å². The summed E-state index contributed by atoms with van der Waals surface area (Å²) in [4.78, 5) is 13.2. The van der Waals surface area contributed by atoms with Crippen molar-refractivity contribution in [3.63, 3.8) is 0 Å². The molecule has 35 heavy (non-hydrogen) atoms. The summed E-state index contributed by atoms with van der Waals surface area (Å²) in [5.41, 5.74) is 2.72. The van der Waals surface area contributed by atoms with E-state index in [9.17, 15) is 22.0 Å². The number of rotatable bonds is 6. The summed E-state index contributed by atoms with van der Waals surface area (Å²) >= 11 is 0. The quantitative estimate of drug-likeness (QED) is 0.407. The summed E-state index contributed by atoms with van der Waals surface area (Å²) in [5.74, 6) is -2.43. The van der Waals surface area contributed by atoms with Gasteiger partial charge >= 0.3 is 0 Å². The van der Waals surface area contributed by atoms with Crippen molar-refractivity contribution in [2.24, 2.45) is 0 Å². The third-order valence-electron chi connectivity index (χ3n) is 5.72. The molecule has 0 radical (unpaired) electrons. The van der Waals surface area contributed by atoms with Gasteiger partial charge in [-0.25, -0.2) is 21.9 Å². The van der Waals surface area contributed by atoms with Crippen molar-refractivity contribution in [2.45, 2.75) is 24.2 Å². The number of hydrogen-bond acceptors (Lipinski definition) is 4. The number of halogens is 2. The second-order valence-corrected chi connectivity index (χ2v) is 9.77. The van der Waals surface area contributed by atoms with Crippen molar-refractivity contribution in [1.29, 1.82) is 0 Å². The number of nitrogens with zero attached hydrogens (tertiary/aromatic N) is 2. The first-order chi connectivity index (χ1) is 16.8. The van der Waals surface area contributed by atoms with Crippen LogP contribution in [0.1, 0.15) is 28.2 Å². The molecule has 0 fully saturated rings. The van der Waals surface area contributed by atoms with Gasteiger partial charge in [0.25, 0.3) is 15.9 Å². The number of amides is 1. The molecule has 0 unspecified atom stereocenters. The Bertz CT molecular complexity index is 1540. The van der Waals surface area contributed by atoms with E-state index in [1.54, 1.807) is 36.4 Å². The molecule has 5 rings (SSSR count). The lowest BCUT2D eigenvalue weighted by atomic mass is 10.2. The molecule has 0 saturated heterocycles. The Morgan fingerprint density at radius 1 is 0.886 bits per heavy atom. The number of sulfonamides is 1. The van der Waals surface area contributed by atoms with Crippen LogP contribution in [0.15, 0.2) is 77.7 Å². The zero-order valence-corrected chi connectivity index (χ0v) is 19.1. The fourth-order valence-electron chi connectivity index (χ4n) is 4.11. The number of nitrogens with one attached hydrogen (secondary N) is 2. The number of carbonyl (C=O) groups excluding carboxylic acids is 1. The number of anilines is 2. The van der Waals surface area contributed by atoms with Gasteiger partial charge in [0.15, 0.2) is 17.3 Å². The van der Waals surface area contributed by atoms with Gasteiger partial charge in [-0.15, -0.1) is 0 Å². The van der Waals surface area contributed by atoms with E-state index in [2.05, 4.69) is 15.1 Å². The molecule has 1 heterocycles. The standard InChI is InChI=1S/C25H20F2N4O3S/c26-21-13-12-18(15-22(21)27)31-23-11-5-10-20(23)24(29-31)25(32)28-16-6-4-7-17(14-16)30-35(33,34)19-8-2-1-3-9-19/h1-4,6-9,12-15,30H,5,10-11H2,(H,28,32). The number of aromatic nitrogens is 2. The van der Waals surface area contributed by atoms with Crippen LogP contribution in [0.2, 0.25) is 0 Å². The van der Waals surface area contributed by atoms with Gasteiger partial charge < -0.3 is 5.32 Å². The number of carbonyl (C=O) groups is 1. The highest BCUT2D eigenvalue weighted by Crippen LogP contribution is 2.29. The third-order valence-corrected chi connectivity index (χ3v) is 7.12. The van der Waals surface area contributed by atoms with Crippen LogP contribution in [0.3, 0.4) is 0 Å². The molecule has 4 aromatic rings. The van der Waals surface area contributed by atoms with E-state index in [-0.39, 0.29) is 16.3 Å². The molecule has 1 aromatic heterocycles. The molecule has 10 heteroatoms. The van der Waals surface area contributed by atoms with E-state index in [4.69, 9.17) is 0 Å². The molecule has 0 atom stereocenters. The van der Waals surface area contributed by atoms with E-state index in [0.717, 1.165) is 29.8 Å². The van der Waals surface area contributed by atoms with Gasteiger partial charge in [-0.1, -0.05) is 24.3 Å². The van der Waals surface area contributed by atoms with Gasteiger partial charge in [-0.2, -0.15) is 5.10 Å². The maximum atomic E-state index is 13.8. The Morgan fingerprint density at radius 3 is 2.43 bits per heavy atom. The minimum absolute atomic E-state index is 0.118. The minimum atomic E-state index is -3.79. The molecule has 7 nitrogen and oxygen atoms in total. The first-order valence-corrected chi connectivity index (χ1v) is 12.4. The molecule has 1 amide bonds. The van der Waals surface area contributed by atoms with E-state index in [1.165, 1.54) is 28.9 Å². The average molecular weight is 495 g/mol. The summed E-state index contributed by atoms with van der Waals surface area (Å²) in [6.07, 6.45) is 2.11. The summed E-state index contributed by atoms with van der Waals surface area (Å²) < 4.78 is 56.4. The minimum Gasteiger partial charge on any atom is -0.321 e. The molecule has 2 N–H and O–H groups in total. The zero-order valence-electron chi connectivity index (χ0n) is 18.3. The zero-order chi connectivity index (χ0) is 24.6. The lowest BCUT2D eigenvalue weighted by Crippen LogP contribution is -2.16. The predicted octanol–water partition coefficient (Wildman–Crippen LogP) is 4.69. The highest BCUT2D eigenvalue weighted by atomic mass is 32.2. The van der Waals surface area contributed by atoms with Gasteiger partial charge in [0.1, 0.15) is 0 Å². The highest BCUT2D eigenvalue weighted by molar-refractivity contribution is 7.92. The van der Waals surface area contributed by atoms with Crippen molar-refractivity contribution in [1.82, 2.24) is 9.78 Å². The average Bonchev–Trinajstić information content (AvgIpc) is 3.44. The van der Waals surface area contributed by atoms with Crippen LogP contribution >= 0.6 is 0 Å². The predicted molar refractivity (Wildman–Crippen MR) is 127 cm³/mol. The van der Waals surface area contributed by atoms with Crippen molar-refractivity contribution in [2.75, 3.05) is 10.0 Å². The molecule has 178 valence electrons. The molecule has 3 aromatic carbocycles. The second kappa shape index (κ2) is 8.95. The fraction of sp³-hybridized carbons (Fsp3) is 0.120. The van der Waals surface area contributed by atoms with Gasteiger partial charge in [-0.05, 0) is 61.7 Å². The Labute approximate surface area is 200 Å². The smallest absolute Gasteiger partial charge is 0.276 e. The molecule has 0 saturated carbocycles. The van der Waals surface area contributed by atoms with Crippen molar-refractivity contribution in [3.8, 4) is 5.69 Å². The normalized spacial score (nSPS) is 12.9. The lowest BCUT2D eigenvalue weighted by Gasteiger charge is -2.10. The third kappa shape index (κ3) is 4.52. The van der Waals surface area contributed by atoms with E-state index in [1.807, 2.05) is 0 Å². The first-order valence-electron chi connectivity index (χ1n) is 10.9. The number of hydrogen-bond donors (Lipinski definition) is 2. The maximum absolute atomic E-state index is 13.8. The first kappa shape index (κ1) is 22.7. The van der Waals surface area contributed by atoms with Crippen LogP contribution in [0.25, 0.3) is 5.69 Å². The van der Waals surface area contributed by atoms with Crippen LogP contribution in [-0.4, -0.2) is 24.1 Å². The van der Waals surface area contributed by atoms with E-state index < -0.39 is 27.6 Å². The Balaban J connectivity index is 1.40. The van der Waals surface area contributed by atoms with Crippen molar-refractivity contribution in [3.05, 3.63) is 101 Å². The Kier molecular flexibility index (Phi) is 5.81. The SMILES string of the molecule is O=C(Nc1cccc(NS(=O)(=O)c2ccccc2)c1)c1nn(-c2ccc(F)c(F)c2)c2c1CCC2. The molecular formula is C25H20F2N4O3S. The highest BCUT2D eigenvalue weighted by Gasteiger charge is 2.27. The van der Waals surface area contributed by atoms with Crippen LogP contribution in [0.4, 0.5) is 20.2 Å². The molecule has 0 aliphatic heterocycles. The fourth-order valence-corrected chi connectivity index (χ4v) is 5.19. The van der Waals surface area contributed by atoms with Crippen molar-refractivity contribution < 1.29 is 22.0 Å². The molecule has 0 spiro atoms. The molecular weight excluding hydrogens is 474 g/mol. The summed E-state index contributed by atoms with van der Waals surface area (Å²) in [5, 5.41) is 7.15. The van der Waals surface area contributed by atoms with Gasteiger partial charge in [-0.3, -0.25) is 9.52 Å². The van der Waals surface area contributed by atoms with Gasteiger partial charge in [0.2, 0.25) is 0 Å². The molecule has 1 aliphatic rings. The topological polar surface area (TPSA) is 93.1 Å². The molecule has 1 aliphatic carbocycles. The van der Waals surface area contributed by atoms with Crippen LogP contribution < -0.4 is 10.0 Å². The number of fused-ring (bicyclic) bond motifs is 1. The van der Waals surface area contributed by atoms with Gasteiger partial charge in [0, 0.05) is 23.0 Å². The monoisotopic (exact) mass is 494 g/mol. The lowest BCUT2D eigenvalue weighted by molar-refractivity contribution is 0.102. The Morgan fingerprint density at radius 2 is 1.66 bits per heavy atom. The maximum Gasteiger partial charge on any atom is 0.276 e. The summed E-state index contributed by atoms with van der Waals surface area (Å²) in [6, 6.07) is 17.8. The van der Waals surface area contributed by atoms with Crippen molar-refractivity contribution >= 4 is 27.3 Å². The van der Waals surface area contributed by atoms with Gasteiger partial charge in [0.05, 0.1) is 16.3 Å². The second-order valence-electron chi connectivity index (χ2n) is 8.09. The molecule has 0 bridgehead atoms. The van der Waals surface area contributed by atoms with Crippen LogP contribution in [0.5, 0.6) is 0 Å². The van der Waals surface area contributed by atoms with E-state index >= 15 is 0 Å². The summed E-state index contributed by atoms with van der Waals surface area (Å²) in [7, 11) is -3.79. The van der Waals surface area contributed by atoms with Crippen LogP contribution in [-0.2, 0) is 22.9 Å². The van der Waals surface area contributed by atoms with E-state index in [0.29, 0.717) is 24.2 Å². The Hall–Kier alpha value is -4.05. The largest absolute Gasteiger partial charge is 0.321 e.